The fourth-order valence-corrected chi connectivity index (χ4v) is 1.69. The van der Waals surface area contributed by atoms with E-state index in [2.05, 4.69) is 45.0 Å². The molecule has 0 radical (unpaired) electrons. The van der Waals surface area contributed by atoms with E-state index < -0.39 is 0 Å². The molecule has 0 aliphatic rings. The van der Waals surface area contributed by atoms with Gasteiger partial charge in [0.2, 0.25) is 0 Å². The van der Waals surface area contributed by atoms with Crippen LogP contribution in [0.15, 0.2) is 12.4 Å². The molecule has 1 rings (SSSR count). The van der Waals surface area contributed by atoms with Crippen molar-refractivity contribution >= 4 is 0 Å². The van der Waals surface area contributed by atoms with E-state index in [-0.39, 0.29) is 0 Å². The van der Waals surface area contributed by atoms with E-state index in [4.69, 9.17) is 4.74 Å². The Morgan fingerprint density at radius 1 is 1.33 bits per heavy atom. The van der Waals surface area contributed by atoms with Gasteiger partial charge in [0.1, 0.15) is 0 Å². The molecular weight excluding hydrogens is 226 g/mol. The second kappa shape index (κ2) is 7.41. The van der Waals surface area contributed by atoms with E-state index in [1.807, 2.05) is 10.9 Å². The number of nitrogens with zero attached hydrogens (tertiary/aromatic N) is 2. The highest BCUT2D eigenvalue weighted by Crippen LogP contribution is 2.19. The molecule has 2 unspecified atom stereocenters. The smallest absolute Gasteiger partial charge is 0.157 e. The zero-order valence-electron chi connectivity index (χ0n) is 12.3. The predicted molar refractivity (Wildman–Crippen MR) is 75.0 cm³/mol. The summed E-state index contributed by atoms with van der Waals surface area (Å²) in [5, 5.41) is 7.85. The minimum atomic E-state index is 0.371. The molecule has 104 valence electrons. The number of hydrogen-bond acceptors (Lipinski definition) is 3. The quantitative estimate of drug-likeness (QED) is 0.774. The Kier molecular flexibility index (Phi) is 6.19. The molecule has 0 bridgehead atoms. The summed E-state index contributed by atoms with van der Waals surface area (Å²) in [6.45, 7) is 12.6. The van der Waals surface area contributed by atoms with Crippen LogP contribution < -0.4 is 10.1 Å². The van der Waals surface area contributed by atoms with Crippen LogP contribution in [-0.2, 0) is 0 Å². The van der Waals surface area contributed by atoms with Gasteiger partial charge in [-0.2, -0.15) is 5.10 Å². The molecule has 4 heteroatoms. The van der Waals surface area contributed by atoms with Gasteiger partial charge in [0.15, 0.2) is 5.75 Å². The van der Waals surface area contributed by atoms with E-state index in [9.17, 15) is 0 Å². The zero-order chi connectivity index (χ0) is 13.5. The molecule has 0 fully saturated rings. The lowest BCUT2D eigenvalue weighted by molar-refractivity contribution is 0.310. The second-order valence-electron chi connectivity index (χ2n) is 5.29. The summed E-state index contributed by atoms with van der Waals surface area (Å²) < 4.78 is 7.56. The lowest BCUT2D eigenvalue weighted by Crippen LogP contribution is -2.31. The SMILES string of the molecule is CCCOc1cnn(C(C)C(C)CNC(C)C)c1. The molecule has 4 nitrogen and oxygen atoms in total. The van der Waals surface area contributed by atoms with Crippen LogP contribution >= 0.6 is 0 Å². The maximum Gasteiger partial charge on any atom is 0.157 e. The molecular formula is C14H27N3O. The third-order valence-electron chi connectivity index (χ3n) is 3.14. The molecule has 0 saturated carbocycles. The van der Waals surface area contributed by atoms with Crippen LogP contribution in [0.3, 0.4) is 0 Å². The van der Waals surface area contributed by atoms with Gasteiger partial charge in [0.25, 0.3) is 0 Å². The summed E-state index contributed by atoms with van der Waals surface area (Å²) >= 11 is 0. The van der Waals surface area contributed by atoms with Gasteiger partial charge in [0.05, 0.1) is 25.0 Å². The maximum atomic E-state index is 5.56. The summed E-state index contributed by atoms with van der Waals surface area (Å²) in [4.78, 5) is 0. The largest absolute Gasteiger partial charge is 0.490 e. The Morgan fingerprint density at radius 3 is 2.67 bits per heavy atom. The van der Waals surface area contributed by atoms with E-state index in [1.165, 1.54) is 0 Å². The molecule has 1 aromatic rings. The van der Waals surface area contributed by atoms with Crippen LogP contribution in [0.5, 0.6) is 5.75 Å². The monoisotopic (exact) mass is 253 g/mol. The number of hydrogen-bond donors (Lipinski definition) is 1. The molecule has 0 saturated heterocycles. The lowest BCUT2D eigenvalue weighted by atomic mass is 10.0. The van der Waals surface area contributed by atoms with Gasteiger partial charge < -0.3 is 10.1 Å². The van der Waals surface area contributed by atoms with E-state index in [0.717, 1.165) is 25.3 Å². The molecule has 0 amide bonds. The average Bonchev–Trinajstić information content (AvgIpc) is 2.81. The van der Waals surface area contributed by atoms with Gasteiger partial charge in [0, 0.05) is 6.04 Å². The Labute approximate surface area is 111 Å². The van der Waals surface area contributed by atoms with Crippen molar-refractivity contribution < 1.29 is 4.74 Å². The average molecular weight is 253 g/mol. The molecule has 0 aliphatic heterocycles. The third kappa shape index (κ3) is 4.69. The summed E-state index contributed by atoms with van der Waals surface area (Å²) in [7, 11) is 0. The van der Waals surface area contributed by atoms with Gasteiger partial charge in [-0.25, -0.2) is 0 Å². The standard InChI is InChI=1S/C14H27N3O/c1-6-7-18-14-9-16-17(10-14)13(5)12(4)8-15-11(2)3/h9-13,15H,6-8H2,1-5H3. The van der Waals surface area contributed by atoms with Gasteiger partial charge in [-0.15, -0.1) is 0 Å². The molecule has 0 aromatic carbocycles. The van der Waals surface area contributed by atoms with Gasteiger partial charge in [-0.1, -0.05) is 27.7 Å². The Hall–Kier alpha value is -1.03. The number of rotatable bonds is 8. The lowest BCUT2D eigenvalue weighted by Gasteiger charge is -2.21. The van der Waals surface area contributed by atoms with Crippen LogP contribution in [0.1, 0.15) is 47.1 Å². The molecule has 2 atom stereocenters. The van der Waals surface area contributed by atoms with Crippen molar-refractivity contribution in [2.24, 2.45) is 5.92 Å². The highest BCUT2D eigenvalue weighted by Gasteiger charge is 2.15. The predicted octanol–water partition coefficient (Wildman–Crippen LogP) is 2.87. The number of ether oxygens (including phenoxy) is 1. The van der Waals surface area contributed by atoms with Gasteiger partial charge in [-0.05, 0) is 25.8 Å². The van der Waals surface area contributed by atoms with Crippen LogP contribution in [0.4, 0.5) is 0 Å². The first kappa shape index (κ1) is 15.0. The number of aromatic nitrogens is 2. The summed E-state index contributed by atoms with van der Waals surface area (Å²) in [6.07, 6.45) is 4.82. The Morgan fingerprint density at radius 2 is 2.06 bits per heavy atom. The molecule has 18 heavy (non-hydrogen) atoms. The van der Waals surface area contributed by atoms with Crippen molar-refractivity contribution in [1.82, 2.24) is 15.1 Å². The fourth-order valence-electron chi connectivity index (χ4n) is 1.69. The summed E-state index contributed by atoms with van der Waals surface area (Å²) in [5.41, 5.74) is 0. The first-order valence-corrected chi connectivity index (χ1v) is 6.95. The van der Waals surface area contributed by atoms with Crippen molar-refractivity contribution in [2.75, 3.05) is 13.2 Å². The molecule has 0 aliphatic carbocycles. The van der Waals surface area contributed by atoms with E-state index >= 15 is 0 Å². The molecule has 0 spiro atoms. The van der Waals surface area contributed by atoms with Crippen LogP contribution in [0, 0.1) is 5.92 Å². The van der Waals surface area contributed by atoms with Crippen molar-refractivity contribution in [3.8, 4) is 5.75 Å². The highest BCUT2D eigenvalue weighted by atomic mass is 16.5. The highest BCUT2D eigenvalue weighted by molar-refractivity contribution is 5.12. The van der Waals surface area contributed by atoms with E-state index in [0.29, 0.717) is 18.0 Å². The first-order valence-electron chi connectivity index (χ1n) is 6.95. The Bertz CT molecular complexity index is 336. The first-order chi connectivity index (χ1) is 8.54. The molecule has 1 aromatic heterocycles. The second-order valence-corrected chi connectivity index (χ2v) is 5.29. The van der Waals surface area contributed by atoms with Crippen molar-refractivity contribution in [3.05, 3.63) is 12.4 Å². The minimum absolute atomic E-state index is 0.371. The fraction of sp³-hybridized carbons (Fsp3) is 0.786. The number of nitrogens with one attached hydrogen (secondary N) is 1. The third-order valence-corrected chi connectivity index (χ3v) is 3.14. The maximum absolute atomic E-state index is 5.56. The minimum Gasteiger partial charge on any atom is -0.490 e. The summed E-state index contributed by atoms with van der Waals surface area (Å²) in [6, 6.07) is 0.899. The van der Waals surface area contributed by atoms with Crippen LogP contribution in [0.25, 0.3) is 0 Å². The summed E-state index contributed by atoms with van der Waals surface area (Å²) in [5.74, 6) is 1.40. The van der Waals surface area contributed by atoms with Gasteiger partial charge >= 0.3 is 0 Å². The normalized spacial score (nSPS) is 14.8. The Balaban J connectivity index is 2.49. The topological polar surface area (TPSA) is 39.1 Å². The van der Waals surface area contributed by atoms with Crippen LogP contribution in [0.2, 0.25) is 0 Å². The van der Waals surface area contributed by atoms with Crippen LogP contribution in [-0.4, -0.2) is 29.0 Å². The van der Waals surface area contributed by atoms with Crippen molar-refractivity contribution in [3.63, 3.8) is 0 Å². The zero-order valence-corrected chi connectivity index (χ0v) is 12.3. The van der Waals surface area contributed by atoms with Crippen molar-refractivity contribution in [2.45, 2.75) is 53.1 Å². The molecule has 1 N–H and O–H groups in total. The van der Waals surface area contributed by atoms with Crippen molar-refractivity contribution in [1.29, 1.82) is 0 Å². The molecule has 1 heterocycles. The van der Waals surface area contributed by atoms with E-state index in [1.54, 1.807) is 6.20 Å². The van der Waals surface area contributed by atoms with Gasteiger partial charge in [-0.3, -0.25) is 4.68 Å².